The number of quaternary nitrogens is 1. The van der Waals surface area contributed by atoms with E-state index in [4.69, 9.17) is 14.2 Å². The fourth-order valence-electron chi connectivity index (χ4n) is 6.56. The minimum Gasteiger partial charge on any atom is -0.544 e. The molecule has 0 aromatic carbocycles. The average molecular weight is 928 g/mol. The molecular formula is C59H93NO7. The van der Waals surface area contributed by atoms with Crippen molar-refractivity contribution in [3.8, 4) is 0 Å². The molecule has 0 heterocycles. The largest absolute Gasteiger partial charge is 0.544 e. The minimum atomic E-state index is -1.14. The number of carboxylic acid groups (broad SMARTS) is 1. The number of rotatable bonds is 44. The molecule has 0 aliphatic heterocycles. The first-order valence-corrected chi connectivity index (χ1v) is 25.7. The van der Waals surface area contributed by atoms with Crippen LogP contribution in [0, 0.1) is 0 Å². The molecule has 8 nitrogen and oxygen atoms in total. The molecule has 0 saturated carbocycles. The Balaban J connectivity index is 4.45. The second-order valence-corrected chi connectivity index (χ2v) is 17.7. The Morgan fingerprint density at radius 2 is 0.836 bits per heavy atom. The molecule has 2 atom stereocenters. The Kier molecular flexibility index (Phi) is 44.7. The van der Waals surface area contributed by atoms with Crippen LogP contribution in [0.1, 0.15) is 168 Å². The summed E-state index contributed by atoms with van der Waals surface area (Å²) in [7, 11) is 5.37. The Bertz CT molecular complexity index is 1550. The van der Waals surface area contributed by atoms with Gasteiger partial charge in [0, 0.05) is 19.3 Å². The fraction of sp³-hybridized carbons (Fsp3) is 0.576. The van der Waals surface area contributed by atoms with Crippen molar-refractivity contribution in [2.75, 3.05) is 41.0 Å². The van der Waals surface area contributed by atoms with Crippen molar-refractivity contribution in [3.63, 3.8) is 0 Å². The molecule has 67 heavy (non-hydrogen) atoms. The maximum atomic E-state index is 12.8. The second-order valence-electron chi connectivity index (χ2n) is 17.7. The molecule has 376 valence electrons. The number of likely N-dealkylation sites (N-methyl/N-ethyl adjacent to an activating group) is 1. The molecule has 0 rings (SSSR count). The van der Waals surface area contributed by atoms with Crippen LogP contribution in [0.25, 0.3) is 0 Å². The van der Waals surface area contributed by atoms with Gasteiger partial charge in [-0.1, -0.05) is 167 Å². The van der Waals surface area contributed by atoms with Gasteiger partial charge in [-0.25, -0.2) is 0 Å². The number of allylic oxidation sites excluding steroid dienone is 22. The molecule has 0 N–H and O–H groups in total. The lowest BCUT2D eigenvalue weighted by Crippen LogP contribution is -2.55. The van der Waals surface area contributed by atoms with E-state index < -0.39 is 18.1 Å². The van der Waals surface area contributed by atoms with Crippen LogP contribution in [0.2, 0.25) is 0 Å². The van der Waals surface area contributed by atoms with Crippen molar-refractivity contribution in [1.29, 1.82) is 0 Å². The number of nitrogens with zero attached hydrogens (tertiary/aromatic N) is 1. The SMILES string of the molecule is CC/C=C/C/C=C/C/C=C/C/C=C/C/C=C/C/C=C/CCCCCC(=O)OCC(COCCC(C(=O)[O-])[N+](C)(C)C)OC(=O)CCCC/C=C/C/C=C/C/C=C/C/C=C/C/C=C/CCCCC. The van der Waals surface area contributed by atoms with Gasteiger partial charge in [-0.2, -0.15) is 0 Å². The van der Waals surface area contributed by atoms with Gasteiger partial charge in [-0.05, 0) is 116 Å². The number of carboxylic acids is 1. The standard InChI is InChI=1S/C59H93NO7/c1-6-8-10-12-14-16-18-20-22-24-26-28-30-31-33-35-37-39-41-43-45-47-49-57(61)66-54-55(53-65-52-51-56(59(63)64)60(3,4)5)67-58(62)50-48-46-44-42-40-38-36-34-32-29-27-25-23-21-19-17-15-13-11-9-7-2/h8,10,14-17,20-23,26-29,31,33-34,36-37,39-40,42,55-56H,6-7,9,11-13,18-19,24-25,30,32,35,38,41,43-54H2,1-5H3/b10-8+,16-14+,17-15+,22-20+,23-21+,28-26+,29-27+,33-31+,36-34+,39-37+,42-40+. The van der Waals surface area contributed by atoms with Crippen LogP contribution in [0.4, 0.5) is 0 Å². The third-order valence-electron chi connectivity index (χ3n) is 10.5. The molecule has 0 aromatic heterocycles. The molecule has 0 aliphatic rings. The Morgan fingerprint density at radius 1 is 0.463 bits per heavy atom. The normalized spacial score (nSPS) is 14.0. The first-order chi connectivity index (χ1) is 32.6. The van der Waals surface area contributed by atoms with Gasteiger partial charge in [0.05, 0.1) is 40.3 Å². The van der Waals surface area contributed by atoms with Crippen molar-refractivity contribution in [2.45, 2.75) is 180 Å². The number of carbonyl (C=O) groups excluding carboxylic acids is 3. The Hall–Kier alpha value is -4.53. The van der Waals surface area contributed by atoms with E-state index in [2.05, 4.69) is 148 Å². The van der Waals surface area contributed by atoms with Crippen LogP contribution < -0.4 is 5.11 Å². The zero-order valence-corrected chi connectivity index (χ0v) is 42.8. The predicted molar refractivity (Wildman–Crippen MR) is 281 cm³/mol. The van der Waals surface area contributed by atoms with Gasteiger partial charge in [-0.3, -0.25) is 9.59 Å². The predicted octanol–water partition coefficient (Wildman–Crippen LogP) is 13.8. The van der Waals surface area contributed by atoms with E-state index in [0.717, 1.165) is 103 Å². The summed E-state index contributed by atoms with van der Waals surface area (Å²) in [5, 5.41) is 11.7. The lowest BCUT2D eigenvalue weighted by molar-refractivity contribution is -0.889. The van der Waals surface area contributed by atoms with Crippen LogP contribution in [0.15, 0.2) is 134 Å². The second kappa shape index (κ2) is 47.9. The number of unbranched alkanes of at least 4 members (excludes halogenated alkanes) is 8. The molecule has 0 fully saturated rings. The van der Waals surface area contributed by atoms with E-state index >= 15 is 0 Å². The molecule has 0 aromatic rings. The minimum absolute atomic E-state index is 0.00209. The molecular weight excluding hydrogens is 835 g/mol. The number of carbonyl (C=O) groups is 3. The van der Waals surface area contributed by atoms with Gasteiger partial charge < -0.3 is 28.6 Å². The maximum Gasteiger partial charge on any atom is 0.306 e. The van der Waals surface area contributed by atoms with Gasteiger partial charge >= 0.3 is 11.9 Å². The molecule has 2 unspecified atom stereocenters. The van der Waals surface area contributed by atoms with Crippen molar-refractivity contribution in [1.82, 2.24) is 0 Å². The van der Waals surface area contributed by atoms with E-state index in [1.165, 1.54) is 25.7 Å². The number of aliphatic carboxylic acids is 1. The monoisotopic (exact) mass is 928 g/mol. The first kappa shape index (κ1) is 62.5. The summed E-state index contributed by atoms with van der Waals surface area (Å²) in [6.07, 6.45) is 69.1. The summed E-state index contributed by atoms with van der Waals surface area (Å²) in [6.45, 7) is 4.42. The van der Waals surface area contributed by atoms with E-state index in [1.54, 1.807) is 21.1 Å². The smallest absolute Gasteiger partial charge is 0.306 e. The molecule has 0 amide bonds. The number of esters is 2. The highest BCUT2D eigenvalue weighted by Gasteiger charge is 2.25. The highest BCUT2D eigenvalue weighted by atomic mass is 16.6. The fourth-order valence-corrected chi connectivity index (χ4v) is 6.56. The van der Waals surface area contributed by atoms with Gasteiger partial charge in [0.1, 0.15) is 12.6 Å². The van der Waals surface area contributed by atoms with Gasteiger partial charge in [-0.15, -0.1) is 0 Å². The third kappa shape index (κ3) is 46.4. The molecule has 0 bridgehead atoms. The lowest BCUT2D eigenvalue weighted by atomic mass is 10.1. The summed E-state index contributed by atoms with van der Waals surface area (Å²) in [5.41, 5.74) is 0. The van der Waals surface area contributed by atoms with Crippen molar-refractivity contribution in [2.24, 2.45) is 0 Å². The maximum absolute atomic E-state index is 12.8. The summed E-state index contributed by atoms with van der Waals surface area (Å²) < 4.78 is 17.1. The van der Waals surface area contributed by atoms with Crippen LogP contribution in [-0.2, 0) is 28.6 Å². The van der Waals surface area contributed by atoms with Gasteiger partial charge in [0.2, 0.25) is 0 Å². The average Bonchev–Trinajstić information content (AvgIpc) is 3.29. The Labute approximate surface area is 409 Å². The van der Waals surface area contributed by atoms with Crippen LogP contribution in [-0.4, -0.2) is 75.5 Å². The quantitative estimate of drug-likeness (QED) is 0.0259. The Morgan fingerprint density at radius 3 is 1.24 bits per heavy atom. The summed E-state index contributed by atoms with van der Waals surface area (Å²) >= 11 is 0. The van der Waals surface area contributed by atoms with E-state index in [1.807, 2.05) is 0 Å². The zero-order valence-electron chi connectivity index (χ0n) is 42.8. The number of hydrogen-bond acceptors (Lipinski definition) is 7. The molecule has 0 aliphatic carbocycles. The van der Waals surface area contributed by atoms with Crippen LogP contribution >= 0.6 is 0 Å². The molecule has 8 heteroatoms. The molecule has 0 radical (unpaired) electrons. The number of ether oxygens (including phenoxy) is 3. The van der Waals surface area contributed by atoms with Crippen LogP contribution in [0.5, 0.6) is 0 Å². The highest BCUT2D eigenvalue weighted by Crippen LogP contribution is 2.11. The zero-order chi connectivity index (χ0) is 49.2. The first-order valence-electron chi connectivity index (χ1n) is 25.7. The summed E-state index contributed by atoms with van der Waals surface area (Å²) in [6, 6.07) is -0.749. The summed E-state index contributed by atoms with van der Waals surface area (Å²) in [5.74, 6) is -1.85. The summed E-state index contributed by atoms with van der Waals surface area (Å²) in [4.78, 5) is 37.0. The van der Waals surface area contributed by atoms with Crippen molar-refractivity contribution < 1.29 is 38.2 Å². The van der Waals surface area contributed by atoms with E-state index in [-0.39, 0.29) is 55.5 Å². The topological polar surface area (TPSA) is 102 Å². The third-order valence-corrected chi connectivity index (χ3v) is 10.5. The van der Waals surface area contributed by atoms with Crippen molar-refractivity contribution >= 4 is 17.9 Å². The van der Waals surface area contributed by atoms with Gasteiger partial charge in [0.15, 0.2) is 6.10 Å². The molecule has 0 spiro atoms. The highest BCUT2D eigenvalue weighted by molar-refractivity contribution is 5.70. The van der Waals surface area contributed by atoms with E-state index in [0.29, 0.717) is 6.42 Å². The molecule has 0 saturated heterocycles. The van der Waals surface area contributed by atoms with Crippen LogP contribution in [0.3, 0.4) is 0 Å². The van der Waals surface area contributed by atoms with Gasteiger partial charge in [0.25, 0.3) is 0 Å². The van der Waals surface area contributed by atoms with E-state index in [9.17, 15) is 19.5 Å². The number of hydrogen-bond donors (Lipinski definition) is 0. The van der Waals surface area contributed by atoms with Crippen molar-refractivity contribution in [3.05, 3.63) is 134 Å². The lowest BCUT2D eigenvalue weighted by Gasteiger charge is -2.34.